The summed E-state index contributed by atoms with van der Waals surface area (Å²) in [5.41, 5.74) is 0.458. The molecule has 0 bridgehead atoms. The lowest BCUT2D eigenvalue weighted by atomic mass is 10.3. The lowest BCUT2D eigenvalue weighted by Gasteiger charge is -2.05. The number of ether oxygens (including phenoxy) is 2. The number of carboxylic acid groups (broad SMARTS) is 1. The van der Waals surface area contributed by atoms with Crippen molar-refractivity contribution in [1.82, 2.24) is 0 Å². The van der Waals surface area contributed by atoms with Crippen LogP contribution in [0, 0.1) is 0 Å². The summed E-state index contributed by atoms with van der Waals surface area (Å²) in [7, 11) is 0. The highest BCUT2D eigenvalue weighted by atomic mass is 16.6. The number of hydrogen-bond acceptors (Lipinski definition) is 6. The van der Waals surface area contributed by atoms with Gasteiger partial charge in [0.1, 0.15) is 25.4 Å². The van der Waals surface area contributed by atoms with Crippen molar-refractivity contribution in [2.45, 2.75) is 27.2 Å². The minimum atomic E-state index is -0.935. The van der Waals surface area contributed by atoms with Crippen LogP contribution in [0.1, 0.15) is 27.2 Å². The van der Waals surface area contributed by atoms with Crippen molar-refractivity contribution in [3.05, 3.63) is 24.3 Å². The molecule has 21 heavy (non-hydrogen) atoms. The Morgan fingerprint density at radius 3 is 1.67 bits per heavy atom. The van der Waals surface area contributed by atoms with Crippen molar-refractivity contribution in [1.29, 1.82) is 0 Å². The van der Waals surface area contributed by atoms with Crippen LogP contribution in [0.4, 0.5) is 0 Å². The molecule has 0 rings (SSSR count). The summed E-state index contributed by atoms with van der Waals surface area (Å²) in [5.74, 6) is -2.35. The van der Waals surface area contributed by atoms with Crippen molar-refractivity contribution < 1.29 is 33.8 Å². The highest BCUT2D eigenvalue weighted by molar-refractivity contribution is 5.94. The van der Waals surface area contributed by atoms with Crippen molar-refractivity contribution in [3.8, 4) is 0 Å². The van der Waals surface area contributed by atoms with Crippen LogP contribution in [0.2, 0.25) is 0 Å². The zero-order valence-electron chi connectivity index (χ0n) is 12.4. The molecule has 0 aliphatic carbocycles. The maximum Gasteiger partial charge on any atom is 0.333 e. The molecule has 0 amide bonds. The van der Waals surface area contributed by atoms with Gasteiger partial charge >= 0.3 is 17.9 Å². The number of aliphatic carboxylic acids is 1. The van der Waals surface area contributed by atoms with Crippen molar-refractivity contribution >= 4 is 23.7 Å². The molecule has 0 aromatic heterocycles. The fourth-order valence-electron chi connectivity index (χ4n) is 0.667. The van der Waals surface area contributed by atoms with Gasteiger partial charge < -0.3 is 14.6 Å². The molecule has 0 atom stereocenters. The molecule has 0 aliphatic rings. The monoisotopic (exact) mass is 300 g/mol. The van der Waals surface area contributed by atoms with Gasteiger partial charge in [-0.1, -0.05) is 13.2 Å². The average molecular weight is 300 g/mol. The van der Waals surface area contributed by atoms with Crippen molar-refractivity contribution in [3.63, 3.8) is 0 Å². The predicted octanol–water partition coefficient (Wildman–Crippen LogP) is 1.28. The van der Waals surface area contributed by atoms with Crippen LogP contribution in [-0.2, 0) is 28.7 Å². The summed E-state index contributed by atoms with van der Waals surface area (Å²) in [4.78, 5) is 41.8. The first-order valence-electron chi connectivity index (χ1n) is 5.94. The second-order valence-corrected chi connectivity index (χ2v) is 4.10. The lowest BCUT2D eigenvalue weighted by molar-refractivity contribution is -0.151. The molecule has 0 fully saturated rings. The van der Waals surface area contributed by atoms with Gasteiger partial charge in [0.2, 0.25) is 0 Å². The van der Waals surface area contributed by atoms with E-state index in [1.54, 1.807) is 0 Å². The van der Waals surface area contributed by atoms with E-state index in [2.05, 4.69) is 22.6 Å². The molecule has 0 spiro atoms. The van der Waals surface area contributed by atoms with E-state index in [1.807, 2.05) is 0 Å². The Kier molecular flexibility index (Phi) is 11.3. The molecule has 0 unspecified atom stereocenters. The van der Waals surface area contributed by atoms with Crippen LogP contribution in [0.3, 0.4) is 0 Å². The second kappa shape index (κ2) is 11.4. The van der Waals surface area contributed by atoms with E-state index in [1.165, 1.54) is 20.8 Å². The van der Waals surface area contributed by atoms with Gasteiger partial charge in [0.05, 0.1) is 0 Å². The molecule has 118 valence electrons. The normalized spacial score (nSPS) is 8.71. The summed E-state index contributed by atoms with van der Waals surface area (Å²) < 4.78 is 9.27. The largest absolute Gasteiger partial charge is 0.478 e. The third-order valence-electron chi connectivity index (χ3n) is 1.69. The Labute approximate surface area is 123 Å². The number of rotatable bonds is 7. The summed E-state index contributed by atoms with van der Waals surface area (Å²) in [6.07, 6.45) is -0.256. The zero-order chi connectivity index (χ0) is 17.0. The summed E-state index contributed by atoms with van der Waals surface area (Å²) in [5, 5.41) is 7.89. The topological polar surface area (TPSA) is 107 Å². The molecule has 0 aromatic rings. The number of carboxylic acids is 1. The van der Waals surface area contributed by atoms with E-state index in [4.69, 9.17) is 5.11 Å². The van der Waals surface area contributed by atoms with Crippen molar-refractivity contribution in [2.24, 2.45) is 0 Å². The fraction of sp³-hybridized carbons (Fsp3) is 0.429. The smallest absolute Gasteiger partial charge is 0.333 e. The second-order valence-electron chi connectivity index (χ2n) is 4.10. The van der Waals surface area contributed by atoms with Crippen LogP contribution in [-0.4, -0.2) is 42.0 Å². The Balaban J connectivity index is 0. The van der Waals surface area contributed by atoms with E-state index in [-0.39, 0.29) is 36.6 Å². The Bertz CT molecular complexity index is 423. The standard InChI is InChI=1S/C10H14O5.C4H6O2/c1-7(2)10(13)15-5-4-14-9(12)6-8(3)11;1-3(2)4(5)6/h1,4-6H2,2-3H3;1H2,2H3,(H,5,6). The minimum Gasteiger partial charge on any atom is -0.478 e. The van der Waals surface area contributed by atoms with Crippen LogP contribution < -0.4 is 0 Å². The van der Waals surface area contributed by atoms with E-state index < -0.39 is 17.9 Å². The van der Waals surface area contributed by atoms with Gasteiger partial charge in [0.15, 0.2) is 0 Å². The Hall–Kier alpha value is -2.44. The molecule has 0 heterocycles. The minimum absolute atomic E-state index is 0.0324. The first-order valence-corrected chi connectivity index (χ1v) is 5.94. The number of hydrogen-bond donors (Lipinski definition) is 1. The molecule has 7 nitrogen and oxygen atoms in total. The van der Waals surface area contributed by atoms with E-state index in [0.717, 1.165) is 0 Å². The van der Waals surface area contributed by atoms with Crippen LogP contribution in [0.15, 0.2) is 24.3 Å². The maximum absolute atomic E-state index is 10.8. The fourth-order valence-corrected chi connectivity index (χ4v) is 0.667. The van der Waals surface area contributed by atoms with Crippen LogP contribution >= 0.6 is 0 Å². The molecule has 0 saturated heterocycles. The van der Waals surface area contributed by atoms with Gasteiger partial charge in [0.25, 0.3) is 0 Å². The van der Waals surface area contributed by atoms with E-state index in [0.29, 0.717) is 0 Å². The van der Waals surface area contributed by atoms with E-state index >= 15 is 0 Å². The third kappa shape index (κ3) is 15.5. The number of carbonyl (C=O) groups is 4. The average Bonchev–Trinajstić information content (AvgIpc) is 2.33. The molecule has 0 aromatic carbocycles. The third-order valence-corrected chi connectivity index (χ3v) is 1.69. The van der Waals surface area contributed by atoms with Gasteiger partial charge in [-0.2, -0.15) is 0 Å². The number of esters is 2. The van der Waals surface area contributed by atoms with Gasteiger partial charge in [-0.15, -0.1) is 0 Å². The summed E-state index contributed by atoms with van der Waals surface area (Å²) >= 11 is 0. The molecule has 0 saturated carbocycles. The highest BCUT2D eigenvalue weighted by Crippen LogP contribution is 1.93. The number of carbonyl (C=O) groups excluding carboxylic acids is 3. The number of Topliss-reactive ketones (excluding diaryl/α,β-unsaturated/α-hetero) is 1. The summed E-state index contributed by atoms with van der Waals surface area (Å²) in [6, 6.07) is 0. The molecular weight excluding hydrogens is 280 g/mol. The van der Waals surface area contributed by atoms with Gasteiger partial charge in [-0.05, 0) is 20.8 Å². The molecular formula is C14H20O7. The maximum atomic E-state index is 10.8. The quantitative estimate of drug-likeness (QED) is 0.326. The molecule has 0 aliphatic heterocycles. The van der Waals surface area contributed by atoms with Crippen LogP contribution in [0.5, 0.6) is 0 Å². The molecule has 7 heteroatoms. The SMILES string of the molecule is C=C(C)C(=O)O.C=C(C)C(=O)OCCOC(=O)CC(C)=O. The Morgan fingerprint density at radius 2 is 1.33 bits per heavy atom. The Morgan fingerprint density at radius 1 is 0.905 bits per heavy atom. The van der Waals surface area contributed by atoms with Crippen molar-refractivity contribution in [2.75, 3.05) is 13.2 Å². The first kappa shape index (κ1) is 20.9. The van der Waals surface area contributed by atoms with E-state index in [9.17, 15) is 19.2 Å². The zero-order valence-corrected chi connectivity index (χ0v) is 12.4. The van der Waals surface area contributed by atoms with Crippen LogP contribution in [0.25, 0.3) is 0 Å². The molecule has 1 N–H and O–H groups in total. The lowest BCUT2D eigenvalue weighted by Crippen LogP contribution is -2.15. The van der Waals surface area contributed by atoms with Gasteiger partial charge in [0, 0.05) is 11.1 Å². The first-order chi connectivity index (χ1) is 9.57. The predicted molar refractivity (Wildman–Crippen MR) is 74.5 cm³/mol. The summed E-state index contributed by atoms with van der Waals surface area (Å²) in [6.45, 7) is 10.7. The van der Waals surface area contributed by atoms with Gasteiger partial charge in [-0.25, -0.2) is 9.59 Å². The van der Waals surface area contributed by atoms with Gasteiger partial charge in [-0.3, -0.25) is 9.59 Å². The highest BCUT2D eigenvalue weighted by Gasteiger charge is 2.07. The number of ketones is 1. The molecule has 0 radical (unpaired) electrons.